The fourth-order valence-corrected chi connectivity index (χ4v) is 2.74. The minimum absolute atomic E-state index is 0.145. The third kappa shape index (κ3) is 2.97. The summed E-state index contributed by atoms with van der Waals surface area (Å²) in [6.45, 7) is 3.79. The average molecular weight is 264 g/mol. The second-order valence-electron chi connectivity index (χ2n) is 5.31. The first-order chi connectivity index (χ1) is 9.15. The molecule has 0 aliphatic carbocycles. The maximum Gasteiger partial charge on any atom is 0.257 e. The molecule has 1 aromatic rings. The zero-order valence-electron chi connectivity index (χ0n) is 12.1. The van der Waals surface area contributed by atoms with E-state index in [4.69, 9.17) is 0 Å². The molecule has 1 aliphatic rings. The summed E-state index contributed by atoms with van der Waals surface area (Å²) in [4.78, 5) is 14.7. The van der Waals surface area contributed by atoms with Crippen LogP contribution >= 0.6 is 0 Å². The number of nitrogens with one attached hydrogen (secondary N) is 1. The van der Waals surface area contributed by atoms with Crippen LogP contribution in [0.25, 0.3) is 0 Å². The first-order valence-electron chi connectivity index (χ1n) is 7.09. The second-order valence-corrected chi connectivity index (χ2v) is 5.31. The lowest BCUT2D eigenvalue weighted by Crippen LogP contribution is -2.44. The van der Waals surface area contributed by atoms with Crippen molar-refractivity contribution in [1.82, 2.24) is 20.0 Å². The van der Waals surface area contributed by atoms with Gasteiger partial charge in [0.15, 0.2) is 0 Å². The molecule has 0 aromatic carbocycles. The smallest absolute Gasteiger partial charge is 0.257 e. The quantitative estimate of drug-likeness (QED) is 0.892. The van der Waals surface area contributed by atoms with Crippen molar-refractivity contribution in [2.24, 2.45) is 7.05 Å². The molecule has 0 spiro atoms. The number of likely N-dealkylation sites (tertiary alicyclic amines) is 1. The van der Waals surface area contributed by atoms with E-state index in [0.717, 1.165) is 43.6 Å². The molecule has 1 amide bonds. The Morgan fingerprint density at radius 1 is 1.53 bits per heavy atom. The van der Waals surface area contributed by atoms with Crippen LogP contribution in [-0.2, 0) is 7.05 Å². The van der Waals surface area contributed by atoms with Crippen LogP contribution in [0.2, 0.25) is 0 Å². The van der Waals surface area contributed by atoms with Gasteiger partial charge in [0, 0.05) is 25.3 Å². The largest absolute Gasteiger partial charge is 0.336 e. The Balaban J connectivity index is 2.13. The van der Waals surface area contributed by atoms with E-state index in [1.54, 1.807) is 10.9 Å². The van der Waals surface area contributed by atoms with Crippen LogP contribution < -0.4 is 5.32 Å². The topological polar surface area (TPSA) is 50.2 Å². The fourth-order valence-electron chi connectivity index (χ4n) is 2.74. The normalized spacial score (nSPS) is 19.7. The highest BCUT2D eigenvalue weighted by Crippen LogP contribution is 2.22. The van der Waals surface area contributed by atoms with Gasteiger partial charge >= 0.3 is 0 Å². The zero-order valence-corrected chi connectivity index (χ0v) is 12.1. The van der Waals surface area contributed by atoms with Gasteiger partial charge in [-0.15, -0.1) is 0 Å². The van der Waals surface area contributed by atoms with Crippen molar-refractivity contribution in [3.8, 4) is 0 Å². The molecule has 5 heteroatoms. The number of nitrogens with zero attached hydrogens (tertiary/aromatic N) is 3. The molecule has 106 valence electrons. The summed E-state index contributed by atoms with van der Waals surface area (Å²) in [5.41, 5.74) is 1.70. The van der Waals surface area contributed by atoms with Crippen molar-refractivity contribution >= 4 is 5.91 Å². The van der Waals surface area contributed by atoms with Gasteiger partial charge in [0.25, 0.3) is 5.91 Å². The Morgan fingerprint density at radius 3 is 2.95 bits per heavy atom. The van der Waals surface area contributed by atoms with E-state index in [0.29, 0.717) is 6.04 Å². The molecule has 19 heavy (non-hydrogen) atoms. The molecule has 0 bridgehead atoms. The van der Waals surface area contributed by atoms with E-state index < -0.39 is 0 Å². The summed E-state index contributed by atoms with van der Waals surface area (Å²) in [5, 5.41) is 7.35. The van der Waals surface area contributed by atoms with Crippen LogP contribution in [0.15, 0.2) is 6.20 Å². The van der Waals surface area contributed by atoms with Crippen LogP contribution in [0.3, 0.4) is 0 Å². The molecule has 1 atom stereocenters. The predicted octanol–water partition coefficient (Wildman–Crippen LogP) is 1.33. The third-order valence-electron chi connectivity index (χ3n) is 4.08. The number of carbonyl (C=O) groups excluding carboxylic acids is 1. The third-order valence-corrected chi connectivity index (χ3v) is 4.08. The molecule has 0 radical (unpaired) electrons. The summed E-state index contributed by atoms with van der Waals surface area (Å²) in [7, 11) is 3.83. The summed E-state index contributed by atoms with van der Waals surface area (Å²) < 4.78 is 1.76. The molecule has 1 aliphatic heterocycles. The number of amides is 1. The van der Waals surface area contributed by atoms with E-state index in [1.807, 2.05) is 25.9 Å². The van der Waals surface area contributed by atoms with Gasteiger partial charge in [0.05, 0.1) is 11.8 Å². The molecule has 0 saturated carbocycles. The van der Waals surface area contributed by atoms with Crippen molar-refractivity contribution in [1.29, 1.82) is 0 Å². The number of aryl methyl sites for hydroxylation is 1. The first kappa shape index (κ1) is 14.1. The molecule has 1 N–H and O–H groups in total. The first-order valence-corrected chi connectivity index (χ1v) is 7.09. The van der Waals surface area contributed by atoms with Crippen molar-refractivity contribution in [2.75, 3.05) is 20.1 Å². The molecule has 2 heterocycles. The molecular weight excluding hydrogens is 240 g/mol. The highest BCUT2D eigenvalue weighted by molar-refractivity contribution is 5.95. The Labute approximate surface area is 115 Å². The highest BCUT2D eigenvalue weighted by Gasteiger charge is 2.28. The fraction of sp³-hybridized carbons (Fsp3) is 0.714. The number of aromatic nitrogens is 2. The lowest BCUT2D eigenvalue weighted by atomic mass is 9.98. The Kier molecular flexibility index (Phi) is 4.58. The van der Waals surface area contributed by atoms with Crippen LogP contribution in [0.5, 0.6) is 0 Å². The molecule has 1 saturated heterocycles. The van der Waals surface area contributed by atoms with Crippen molar-refractivity contribution in [3.63, 3.8) is 0 Å². The maximum atomic E-state index is 12.7. The van der Waals surface area contributed by atoms with Gasteiger partial charge in [0.2, 0.25) is 0 Å². The van der Waals surface area contributed by atoms with Crippen LogP contribution in [0.4, 0.5) is 0 Å². The molecule has 1 aromatic heterocycles. The molecular formula is C14H24N4O. The Bertz CT molecular complexity index is 441. The summed E-state index contributed by atoms with van der Waals surface area (Å²) >= 11 is 0. The van der Waals surface area contributed by atoms with Gasteiger partial charge in [-0.1, -0.05) is 0 Å². The second kappa shape index (κ2) is 6.19. The minimum atomic E-state index is 0.145. The SMILES string of the molecule is CNCCC1CCCCN1C(=O)c1cnn(C)c1C. The highest BCUT2D eigenvalue weighted by atomic mass is 16.2. The summed E-state index contributed by atoms with van der Waals surface area (Å²) in [5.74, 6) is 0.145. The zero-order chi connectivity index (χ0) is 13.8. The molecule has 1 fully saturated rings. The van der Waals surface area contributed by atoms with Gasteiger partial charge in [-0.2, -0.15) is 5.10 Å². The monoisotopic (exact) mass is 264 g/mol. The molecule has 1 unspecified atom stereocenters. The van der Waals surface area contributed by atoms with E-state index in [2.05, 4.69) is 10.4 Å². The standard InChI is InChI=1S/C14H24N4O/c1-11-13(10-16-17(11)3)14(19)18-9-5-4-6-12(18)7-8-15-2/h10,12,15H,4-9H2,1-3H3. The van der Waals surface area contributed by atoms with E-state index in [9.17, 15) is 4.79 Å². The van der Waals surface area contributed by atoms with Gasteiger partial charge in [0.1, 0.15) is 0 Å². The van der Waals surface area contributed by atoms with E-state index in [1.165, 1.54) is 6.42 Å². The van der Waals surface area contributed by atoms with Gasteiger partial charge in [-0.3, -0.25) is 9.48 Å². The number of hydrogen-bond acceptors (Lipinski definition) is 3. The van der Waals surface area contributed by atoms with Gasteiger partial charge < -0.3 is 10.2 Å². The summed E-state index contributed by atoms with van der Waals surface area (Å²) in [6.07, 6.45) is 6.18. The van der Waals surface area contributed by atoms with Gasteiger partial charge in [-0.05, 0) is 46.2 Å². The molecule has 2 rings (SSSR count). The van der Waals surface area contributed by atoms with E-state index in [-0.39, 0.29) is 5.91 Å². The van der Waals surface area contributed by atoms with Crippen LogP contribution in [0.1, 0.15) is 41.7 Å². The van der Waals surface area contributed by atoms with Crippen molar-refractivity contribution < 1.29 is 4.79 Å². The number of carbonyl (C=O) groups is 1. The van der Waals surface area contributed by atoms with Crippen molar-refractivity contribution in [2.45, 2.75) is 38.6 Å². The lowest BCUT2D eigenvalue weighted by molar-refractivity contribution is 0.0601. The maximum absolute atomic E-state index is 12.7. The lowest BCUT2D eigenvalue weighted by Gasteiger charge is -2.35. The van der Waals surface area contributed by atoms with E-state index >= 15 is 0 Å². The number of piperidine rings is 1. The average Bonchev–Trinajstić information content (AvgIpc) is 2.76. The van der Waals surface area contributed by atoms with Crippen LogP contribution in [0, 0.1) is 6.92 Å². The minimum Gasteiger partial charge on any atom is -0.336 e. The van der Waals surface area contributed by atoms with Gasteiger partial charge in [-0.25, -0.2) is 0 Å². The summed E-state index contributed by atoms with van der Waals surface area (Å²) in [6, 6.07) is 0.369. The van der Waals surface area contributed by atoms with Crippen molar-refractivity contribution in [3.05, 3.63) is 17.5 Å². The van der Waals surface area contributed by atoms with Crippen LogP contribution in [-0.4, -0.2) is 46.8 Å². The number of hydrogen-bond donors (Lipinski definition) is 1. The Morgan fingerprint density at radius 2 is 2.32 bits per heavy atom. The number of rotatable bonds is 4. The Hall–Kier alpha value is -1.36. The predicted molar refractivity (Wildman–Crippen MR) is 75.2 cm³/mol. The molecule has 5 nitrogen and oxygen atoms in total.